The molecular weight excluding hydrogens is 356 g/mol. The monoisotopic (exact) mass is 386 g/mol. The Bertz CT molecular complexity index is 885. The zero-order valence-corrected chi connectivity index (χ0v) is 17.3. The van der Waals surface area contributed by atoms with E-state index < -0.39 is 0 Å². The first-order valence-electron chi connectivity index (χ1n) is 10.6. The second-order valence-corrected chi connectivity index (χ2v) is 9.04. The van der Waals surface area contributed by atoms with Gasteiger partial charge in [0.2, 0.25) is 0 Å². The Labute approximate surface area is 173 Å². The van der Waals surface area contributed by atoms with Gasteiger partial charge >= 0.3 is 0 Å². The Morgan fingerprint density at radius 1 is 0.690 bits per heavy atom. The van der Waals surface area contributed by atoms with Crippen LogP contribution in [0.1, 0.15) is 56.2 Å². The van der Waals surface area contributed by atoms with E-state index in [2.05, 4.69) is 68.4 Å². The molecule has 2 heteroatoms. The second kappa shape index (κ2) is 7.59. The fraction of sp³-hybridized carbons (Fsp3) is 0.333. The lowest BCUT2D eigenvalue weighted by atomic mass is 9.58. The zero-order valence-electron chi connectivity index (χ0n) is 17.3. The van der Waals surface area contributed by atoms with Crippen molar-refractivity contribution in [3.05, 3.63) is 95.6 Å². The van der Waals surface area contributed by atoms with Gasteiger partial charge in [0.05, 0.1) is 0 Å². The maximum atomic E-state index is 9.79. The first-order valence-corrected chi connectivity index (χ1v) is 10.6. The third-order valence-corrected chi connectivity index (χ3v) is 7.22. The van der Waals surface area contributed by atoms with E-state index in [0.717, 1.165) is 25.7 Å². The van der Waals surface area contributed by atoms with E-state index in [1.807, 2.05) is 0 Å². The van der Waals surface area contributed by atoms with Gasteiger partial charge in [-0.05, 0) is 78.0 Å². The molecule has 1 saturated carbocycles. The van der Waals surface area contributed by atoms with Crippen molar-refractivity contribution in [1.82, 2.24) is 0 Å². The number of hydrogen-bond acceptors (Lipinski definition) is 2. The van der Waals surface area contributed by atoms with Crippen molar-refractivity contribution in [3.63, 3.8) is 0 Å². The molecule has 1 aliphatic rings. The molecule has 0 aromatic heterocycles. The van der Waals surface area contributed by atoms with E-state index in [1.165, 1.54) is 16.7 Å². The van der Waals surface area contributed by atoms with Gasteiger partial charge in [0, 0.05) is 5.41 Å². The summed E-state index contributed by atoms with van der Waals surface area (Å²) in [6.45, 7) is 4.75. The van der Waals surface area contributed by atoms with Crippen LogP contribution >= 0.6 is 0 Å². The lowest BCUT2D eigenvalue weighted by molar-refractivity contribution is 0.189. The largest absolute Gasteiger partial charge is 0.508 e. The van der Waals surface area contributed by atoms with Gasteiger partial charge in [-0.2, -0.15) is 0 Å². The van der Waals surface area contributed by atoms with E-state index in [4.69, 9.17) is 0 Å². The maximum Gasteiger partial charge on any atom is 0.115 e. The summed E-state index contributed by atoms with van der Waals surface area (Å²) >= 11 is 0. The molecule has 2 nitrogen and oxygen atoms in total. The lowest BCUT2D eigenvalue weighted by Crippen LogP contribution is -2.39. The minimum atomic E-state index is -0.0787. The Balaban J connectivity index is 1.66. The molecule has 0 amide bonds. The summed E-state index contributed by atoms with van der Waals surface area (Å²) in [5.74, 6) is 1.22. The van der Waals surface area contributed by atoms with Crippen LogP contribution in [-0.2, 0) is 10.8 Å². The highest BCUT2D eigenvalue weighted by molar-refractivity contribution is 5.43. The average Bonchev–Trinajstić information content (AvgIpc) is 2.75. The van der Waals surface area contributed by atoms with Crippen LogP contribution in [0.5, 0.6) is 11.5 Å². The van der Waals surface area contributed by atoms with Crippen molar-refractivity contribution >= 4 is 0 Å². The summed E-state index contributed by atoms with van der Waals surface area (Å²) in [5.41, 5.74) is 3.96. The number of hydrogen-bond donors (Lipinski definition) is 2. The molecule has 0 spiro atoms. The van der Waals surface area contributed by atoms with Gasteiger partial charge in [-0.3, -0.25) is 0 Å². The van der Waals surface area contributed by atoms with Gasteiger partial charge < -0.3 is 10.2 Å². The molecule has 1 aliphatic carbocycles. The SMILES string of the molecule is CC(C)(c1ccccc1)C1CCC(c2ccc(O)cc2)(c2ccc(O)cc2)CC1. The smallest absolute Gasteiger partial charge is 0.115 e. The van der Waals surface area contributed by atoms with Crippen molar-refractivity contribution in [2.45, 2.75) is 50.4 Å². The molecule has 29 heavy (non-hydrogen) atoms. The Kier molecular flexibility index (Phi) is 5.12. The Morgan fingerprint density at radius 3 is 1.59 bits per heavy atom. The number of benzene rings is 3. The molecular formula is C27H30O2. The van der Waals surface area contributed by atoms with Gasteiger partial charge in [0.1, 0.15) is 11.5 Å². The third-order valence-electron chi connectivity index (χ3n) is 7.22. The first-order chi connectivity index (χ1) is 13.9. The van der Waals surface area contributed by atoms with Crippen LogP contribution in [0.2, 0.25) is 0 Å². The van der Waals surface area contributed by atoms with Gasteiger partial charge in [0.25, 0.3) is 0 Å². The molecule has 3 aromatic rings. The number of rotatable bonds is 4. The van der Waals surface area contributed by atoms with Crippen molar-refractivity contribution in [2.75, 3.05) is 0 Å². The normalized spacial score (nSPS) is 17.2. The van der Waals surface area contributed by atoms with Crippen LogP contribution in [0.3, 0.4) is 0 Å². The van der Waals surface area contributed by atoms with Crippen LogP contribution in [0.25, 0.3) is 0 Å². The first kappa shape index (κ1) is 19.6. The molecule has 0 radical (unpaired) electrons. The van der Waals surface area contributed by atoms with Gasteiger partial charge in [-0.1, -0.05) is 68.4 Å². The highest BCUT2D eigenvalue weighted by Crippen LogP contribution is 2.51. The van der Waals surface area contributed by atoms with Gasteiger partial charge in [0.15, 0.2) is 0 Å². The minimum Gasteiger partial charge on any atom is -0.508 e. The Hall–Kier alpha value is -2.74. The zero-order chi connectivity index (χ0) is 20.5. The average molecular weight is 387 g/mol. The highest BCUT2D eigenvalue weighted by atomic mass is 16.3. The van der Waals surface area contributed by atoms with Crippen LogP contribution in [-0.4, -0.2) is 10.2 Å². The predicted molar refractivity (Wildman–Crippen MR) is 118 cm³/mol. The van der Waals surface area contributed by atoms with Crippen LogP contribution < -0.4 is 0 Å². The molecule has 0 heterocycles. The van der Waals surface area contributed by atoms with Gasteiger partial charge in [-0.15, -0.1) is 0 Å². The fourth-order valence-electron chi connectivity index (χ4n) is 5.24. The maximum absolute atomic E-state index is 9.79. The van der Waals surface area contributed by atoms with Gasteiger partial charge in [-0.25, -0.2) is 0 Å². The summed E-state index contributed by atoms with van der Waals surface area (Å²) in [4.78, 5) is 0. The quantitative estimate of drug-likeness (QED) is 0.533. The molecule has 2 N–H and O–H groups in total. The summed E-state index contributed by atoms with van der Waals surface area (Å²) in [6, 6.07) is 26.3. The van der Waals surface area contributed by atoms with Crippen molar-refractivity contribution < 1.29 is 10.2 Å². The molecule has 0 atom stereocenters. The Morgan fingerprint density at radius 2 is 1.14 bits per heavy atom. The summed E-state index contributed by atoms with van der Waals surface area (Å²) in [6.07, 6.45) is 4.40. The molecule has 4 rings (SSSR count). The molecule has 150 valence electrons. The number of phenolic OH excluding ortho intramolecular Hbond substituents is 2. The third kappa shape index (κ3) is 3.64. The second-order valence-electron chi connectivity index (χ2n) is 9.04. The molecule has 0 unspecified atom stereocenters. The van der Waals surface area contributed by atoms with Crippen LogP contribution in [0.15, 0.2) is 78.9 Å². The molecule has 0 bridgehead atoms. The molecule has 1 fully saturated rings. The highest BCUT2D eigenvalue weighted by Gasteiger charge is 2.42. The van der Waals surface area contributed by atoms with E-state index >= 15 is 0 Å². The van der Waals surface area contributed by atoms with Crippen molar-refractivity contribution in [2.24, 2.45) is 5.92 Å². The van der Waals surface area contributed by atoms with Crippen LogP contribution in [0.4, 0.5) is 0 Å². The summed E-state index contributed by atoms with van der Waals surface area (Å²) in [7, 11) is 0. The standard InChI is InChI=1S/C27H30O2/c1-26(2,20-6-4-3-5-7-20)21-16-18-27(19-17-21,22-8-12-24(28)13-9-22)23-10-14-25(29)15-11-23/h3-15,21,28-29H,16-19H2,1-2H3. The van der Waals surface area contributed by atoms with E-state index in [9.17, 15) is 10.2 Å². The van der Waals surface area contributed by atoms with Crippen molar-refractivity contribution in [3.8, 4) is 11.5 Å². The topological polar surface area (TPSA) is 40.5 Å². The van der Waals surface area contributed by atoms with E-state index in [0.29, 0.717) is 17.4 Å². The van der Waals surface area contributed by atoms with Crippen molar-refractivity contribution in [1.29, 1.82) is 0 Å². The minimum absolute atomic E-state index is 0.0787. The number of phenols is 2. The molecule has 0 saturated heterocycles. The summed E-state index contributed by atoms with van der Waals surface area (Å²) < 4.78 is 0. The number of aromatic hydroxyl groups is 2. The molecule has 0 aliphatic heterocycles. The van der Waals surface area contributed by atoms with E-state index in [-0.39, 0.29) is 10.8 Å². The van der Waals surface area contributed by atoms with E-state index in [1.54, 1.807) is 24.3 Å². The lowest BCUT2D eigenvalue weighted by Gasteiger charge is -2.46. The summed E-state index contributed by atoms with van der Waals surface area (Å²) in [5, 5.41) is 19.6. The fourth-order valence-corrected chi connectivity index (χ4v) is 5.24. The molecule has 3 aromatic carbocycles. The predicted octanol–water partition coefficient (Wildman–Crippen LogP) is 6.55. The van der Waals surface area contributed by atoms with Crippen LogP contribution in [0, 0.1) is 5.92 Å².